The number of carboxylic acids is 1. The average Bonchev–Trinajstić information content (AvgIpc) is 3.72. The molecular formula is C32H56N4O7. The van der Waals surface area contributed by atoms with Crippen molar-refractivity contribution in [1.29, 1.82) is 0 Å². The lowest BCUT2D eigenvalue weighted by Gasteiger charge is -2.41. The van der Waals surface area contributed by atoms with Crippen LogP contribution in [0.5, 0.6) is 0 Å². The van der Waals surface area contributed by atoms with Gasteiger partial charge in [-0.2, -0.15) is 0 Å². The molecule has 1 saturated carbocycles. The molecule has 0 spiro atoms. The summed E-state index contributed by atoms with van der Waals surface area (Å²) < 4.78 is 11.5. The summed E-state index contributed by atoms with van der Waals surface area (Å²) in [5.74, 6) is -1.93. The highest BCUT2D eigenvalue weighted by Crippen LogP contribution is 2.41. The monoisotopic (exact) mass is 608 g/mol. The second kappa shape index (κ2) is 15.2. The van der Waals surface area contributed by atoms with Crippen LogP contribution in [-0.4, -0.2) is 121 Å². The van der Waals surface area contributed by atoms with E-state index < -0.39 is 36.2 Å². The van der Waals surface area contributed by atoms with Gasteiger partial charge in [-0.1, -0.05) is 34.1 Å². The summed E-state index contributed by atoms with van der Waals surface area (Å²) >= 11 is 0. The van der Waals surface area contributed by atoms with Crippen LogP contribution in [0.2, 0.25) is 0 Å². The molecule has 2 heterocycles. The second-order valence-corrected chi connectivity index (χ2v) is 13.5. The van der Waals surface area contributed by atoms with Crippen LogP contribution in [-0.2, 0) is 28.7 Å². The average molecular weight is 609 g/mol. The Hall–Kier alpha value is -2.24. The van der Waals surface area contributed by atoms with E-state index in [2.05, 4.69) is 10.2 Å². The molecule has 0 aromatic carbocycles. The third-order valence-electron chi connectivity index (χ3n) is 10.6. The molecular weight excluding hydrogens is 552 g/mol. The maximum atomic E-state index is 14.1. The van der Waals surface area contributed by atoms with E-state index in [-0.39, 0.29) is 48.1 Å². The van der Waals surface area contributed by atoms with Gasteiger partial charge in [-0.3, -0.25) is 24.1 Å². The molecule has 246 valence electrons. The van der Waals surface area contributed by atoms with Crippen LogP contribution < -0.4 is 5.32 Å². The van der Waals surface area contributed by atoms with Gasteiger partial charge < -0.3 is 29.7 Å². The molecule has 11 heteroatoms. The molecule has 3 rings (SSSR count). The maximum absolute atomic E-state index is 14.1. The Bertz CT molecular complexity index is 991. The number of methoxy groups -OCH3 is 2. The summed E-state index contributed by atoms with van der Waals surface area (Å²) in [6, 6.07) is -1.22. The van der Waals surface area contributed by atoms with Crippen molar-refractivity contribution < 1.29 is 33.8 Å². The summed E-state index contributed by atoms with van der Waals surface area (Å²) in [6.45, 7) is 10.1. The SMILES string of the molecule is CCC(C)C(C(CC(=O)N1CCC[C@H]1C(OC)C(C)C(=O)O)OC)N(C)C(=O)C(NC(=O)[C@@H]1[C@H]2CC[C@H](C2)N1C)C(C)C. The van der Waals surface area contributed by atoms with Crippen molar-refractivity contribution in [3.8, 4) is 0 Å². The molecule has 2 aliphatic heterocycles. The smallest absolute Gasteiger partial charge is 0.308 e. The fourth-order valence-corrected chi connectivity index (χ4v) is 7.88. The number of carbonyl (C=O) groups excluding carboxylic acids is 3. The van der Waals surface area contributed by atoms with Crippen LogP contribution in [0.1, 0.15) is 79.6 Å². The highest BCUT2D eigenvalue weighted by atomic mass is 16.5. The lowest BCUT2D eigenvalue weighted by atomic mass is 9.89. The fourth-order valence-electron chi connectivity index (χ4n) is 7.88. The van der Waals surface area contributed by atoms with Crippen molar-refractivity contribution in [1.82, 2.24) is 20.0 Å². The van der Waals surface area contributed by atoms with E-state index in [1.54, 1.807) is 30.9 Å². The van der Waals surface area contributed by atoms with Gasteiger partial charge in [-0.25, -0.2) is 0 Å². The van der Waals surface area contributed by atoms with Crippen LogP contribution in [0.25, 0.3) is 0 Å². The molecule has 2 N–H and O–H groups in total. The third-order valence-corrected chi connectivity index (χ3v) is 10.6. The Morgan fingerprint density at radius 2 is 1.72 bits per heavy atom. The number of hydrogen-bond donors (Lipinski definition) is 2. The van der Waals surface area contributed by atoms with Crippen molar-refractivity contribution in [2.24, 2.45) is 23.7 Å². The molecule has 11 nitrogen and oxygen atoms in total. The highest BCUT2D eigenvalue weighted by molar-refractivity contribution is 5.90. The zero-order chi connectivity index (χ0) is 32.2. The van der Waals surface area contributed by atoms with E-state index in [1.165, 1.54) is 7.11 Å². The molecule has 3 fully saturated rings. The fraction of sp³-hybridized carbons (Fsp3) is 0.875. The normalized spacial score (nSPS) is 27.9. The molecule has 6 unspecified atom stereocenters. The minimum absolute atomic E-state index is 0.0139. The van der Waals surface area contributed by atoms with Gasteiger partial charge in [0.1, 0.15) is 6.04 Å². The predicted molar refractivity (Wildman–Crippen MR) is 163 cm³/mol. The number of nitrogens with one attached hydrogen (secondary N) is 1. The van der Waals surface area contributed by atoms with Gasteiger partial charge in [0, 0.05) is 33.9 Å². The first-order valence-electron chi connectivity index (χ1n) is 16.2. The Morgan fingerprint density at radius 1 is 1.05 bits per heavy atom. The van der Waals surface area contributed by atoms with Crippen LogP contribution >= 0.6 is 0 Å². The number of hydrogen-bond acceptors (Lipinski definition) is 7. The van der Waals surface area contributed by atoms with Gasteiger partial charge in [-0.05, 0) is 63.8 Å². The van der Waals surface area contributed by atoms with E-state index in [9.17, 15) is 24.3 Å². The number of carbonyl (C=O) groups is 4. The number of nitrogens with zero attached hydrogens (tertiary/aromatic N) is 3. The molecule has 0 radical (unpaired) electrons. The quantitative estimate of drug-likeness (QED) is 0.290. The maximum Gasteiger partial charge on any atom is 0.308 e. The standard InChI is InChI=1S/C32H56N4O7/c1-10-19(4)27(24(42-8)17-25(37)36-15-11-12-23(36)29(43-9)20(5)32(40)41)35(7)31(39)26(18(2)3)33-30(38)28-21-13-14-22(16-21)34(28)6/h18-24,26-29H,10-17H2,1-9H3,(H,33,38)(H,40,41)/t19?,20?,21-,22+,23-,24?,26?,27?,28-,29?/m0/s1. The number of rotatable bonds is 15. The molecule has 10 atom stereocenters. The first kappa shape index (κ1) is 35.2. The number of piperidine rings is 1. The number of likely N-dealkylation sites (N-methyl/N-ethyl adjacent to an activating group) is 2. The number of amides is 3. The largest absolute Gasteiger partial charge is 0.481 e. The van der Waals surface area contributed by atoms with E-state index in [0.29, 0.717) is 24.9 Å². The summed E-state index contributed by atoms with van der Waals surface area (Å²) in [4.78, 5) is 58.6. The van der Waals surface area contributed by atoms with E-state index in [1.807, 2.05) is 34.7 Å². The van der Waals surface area contributed by atoms with Crippen LogP contribution in [0.15, 0.2) is 0 Å². The lowest BCUT2D eigenvalue weighted by molar-refractivity contribution is -0.152. The van der Waals surface area contributed by atoms with E-state index in [4.69, 9.17) is 9.47 Å². The third kappa shape index (κ3) is 7.53. The first-order valence-corrected chi connectivity index (χ1v) is 16.2. The summed E-state index contributed by atoms with van der Waals surface area (Å²) in [5.41, 5.74) is 0. The Kier molecular flexibility index (Phi) is 12.4. The Balaban J connectivity index is 1.77. The number of ether oxygens (including phenoxy) is 2. The zero-order valence-electron chi connectivity index (χ0n) is 27.7. The lowest BCUT2D eigenvalue weighted by Crippen LogP contribution is -2.60. The van der Waals surface area contributed by atoms with Gasteiger partial charge in [0.05, 0.1) is 42.7 Å². The molecule has 0 aromatic rings. The van der Waals surface area contributed by atoms with Crippen molar-refractivity contribution in [2.75, 3.05) is 34.9 Å². The van der Waals surface area contributed by atoms with Crippen LogP contribution in [0.3, 0.4) is 0 Å². The van der Waals surface area contributed by atoms with Crippen molar-refractivity contribution in [2.45, 2.75) is 122 Å². The minimum Gasteiger partial charge on any atom is -0.481 e. The van der Waals surface area contributed by atoms with Crippen molar-refractivity contribution in [3.05, 3.63) is 0 Å². The van der Waals surface area contributed by atoms with Gasteiger partial charge in [0.25, 0.3) is 0 Å². The Labute approximate surface area is 258 Å². The van der Waals surface area contributed by atoms with Gasteiger partial charge in [0.2, 0.25) is 17.7 Å². The number of likely N-dealkylation sites (tertiary alicyclic amines) is 2. The molecule has 3 amide bonds. The summed E-state index contributed by atoms with van der Waals surface area (Å²) in [7, 11) is 6.80. The van der Waals surface area contributed by atoms with Crippen LogP contribution in [0, 0.1) is 23.7 Å². The highest BCUT2D eigenvalue weighted by Gasteiger charge is 2.48. The van der Waals surface area contributed by atoms with Gasteiger partial charge in [-0.15, -0.1) is 0 Å². The topological polar surface area (TPSA) is 129 Å². The minimum atomic E-state index is -0.961. The zero-order valence-corrected chi connectivity index (χ0v) is 27.7. The predicted octanol–water partition coefficient (Wildman–Crippen LogP) is 2.61. The molecule has 3 aliphatic rings. The molecule has 1 aliphatic carbocycles. The number of aliphatic carboxylic acids is 1. The number of fused-ring (bicyclic) bond motifs is 2. The molecule has 2 bridgehead atoms. The summed E-state index contributed by atoms with van der Waals surface area (Å²) in [6.07, 6.45) is 4.24. The van der Waals surface area contributed by atoms with Crippen molar-refractivity contribution >= 4 is 23.7 Å². The Morgan fingerprint density at radius 3 is 2.23 bits per heavy atom. The van der Waals surface area contributed by atoms with Gasteiger partial charge >= 0.3 is 5.97 Å². The van der Waals surface area contributed by atoms with Crippen molar-refractivity contribution in [3.63, 3.8) is 0 Å². The van der Waals surface area contributed by atoms with E-state index >= 15 is 0 Å². The summed E-state index contributed by atoms with van der Waals surface area (Å²) in [5, 5.41) is 12.7. The van der Waals surface area contributed by atoms with Crippen LogP contribution in [0.4, 0.5) is 0 Å². The van der Waals surface area contributed by atoms with E-state index in [0.717, 1.165) is 32.1 Å². The van der Waals surface area contributed by atoms with Gasteiger partial charge in [0.15, 0.2) is 0 Å². The molecule has 43 heavy (non-hydrogen) atoms. The second-order valence-electron chi connectivity index (χ2n) is 13.5. The number of carboxylic acid groups (broad SMARTS) is 1. The first-order chi connectivity index (χ1) is 20.3. The molecule has 2 saturated heterocycles. The molecule has 0 aromatic heterocycles.